The van der Waals surface area contributed by atoms with Crippen molar-refractivity contribution >= 4 is 54.9 Å². The topological polar surface area (TPSA) is 109 Å². The van der Waals surface area contributed by atoms with E-state index in [1.54, 1.807) is 0 Å². The Labute approximate surface area is 304 Å². The Hall–Kier alpha value is -1.33. The van der Waals surface area contributed by atoms with Gasteiger partial charge in [-0.15, -0.1) is 0 Å². The summed E-state index contributed by atoms with van der Waals surface area (Å²) in [7, 11) is -6.38. The summed E-state index contributed by atoms with van der Waals surface area (Å²) in [5.74, 6) is -0.877. The molecule has 1 fully saturated rings. The Bertz CT molecular complexity index is 1290. The first kappa shape index (κ1) is 43.8. The van der Waals surface area contributed by atoms with Crippen molar-refractivity contribution in [1.29, 1.82) is 0 Å². The molecule has 1 aliphatic rings. The Morgan fingerprint density at radius 3 is 1.80 bits per heavy atom. The van der Waals surface area contributed by atoms with Crippen molar-refractivity contribution in [3.05, 3.63) is 30.3 Å². The van der Waals surface area contributed by atoms with Gasteiger partial charge in [0.1, 0.15) is 24.6 Å². The third-order valence-corrected chi connectivity index (χ3v) is 25.7. The van der Waals surface area contributed by atoms with E-state index in [-0.39, 0.29) is 27.4 Å². The van der Waals surface area contributed by atoms with Crippen molar-refractivity contribution in [2.24, 2.45) is 0 Å². The van der Waals surface area contributed by atoms with E-state index in [1.165, 1.54) is 25.8 Å². The minimum atomic E-state index is -2.65. The number of benzene rings is 1. The summed E-state index contributed by atoms with van der Waals surface area (Å²) in [5.41, 5.74) is 0. The largest absolute Gasteiger partial charge is 0.466 e. The first-order valence-corrected chi connectivity index (χ1v) is 26.8. The summed E-state index contributed by atoms with van der Waals surface area (Å²) in [6.07, 6.45) is -2.87. The Balaban J connectivity index is 3.01. The van der Waals surface area contributed by atoms with E-state index in [9.17, 15) is 14.4 Å². The van der Waals surface area contributed by atoms with Gasteiger partial charge in [-0.3, -0.25) is 4.79 Å². The number of thioether (sulfide) groups is 1. The summed E-state index contributed by atoms with van der Waals surface area (Å²) in [4.78, 5) is 39.7. The van der Waals surface area contributed by atoms with Gasteiger partial charge in [0.2, 0.25) is 10.8 Å². The molecule has 49 heavy (non-hydrogen) atoms. The molecule has 0 aromatic heterocycles. The van der Waals surface area contributed by atoms with Gasteiger partial charge in [0.25, 0.3) is 0 Å². The molecule has 6 atom stereocenters. The molecule has 1 heterocycles. The third-order valence-electron chi connectivity index (χ3n) is 11.0. The van der Waals surface area contributed by atoms with Gasteiger partial charge in [0.15, 0.2) is 25.0 Å². The van der Waals surface area contributed by atoms with E-state index < -0.39 is 66.3 Å². The molecule has 0 saturated carbocycles. The minimum Gasteiger partial charge on any atom is -0.466 e. The zero-order valence-electron chi connectivity index (χ0n) is 33.2. The second kappa shape index (κ2) is 15.7. The number of carbonyl (C=O) groups excluding carboxylic acids is 3. The summed E-state index contributed by atoms with van der Waals surface area (Å²) >= 11 is 1.25. The monoisotopic (exact) mass is 755 g/mol. The van der Waals surface area contributed by atoms with E-state index in [4.69, 9.17) is 22.8 Å². The summed E-state index contributed by atoms with van der Waals surface area (Å²) < 4.78 is 33.7. The molecule has 0 unspecified atom stereocenters. The van der Waals surface area contributed by atoms with Gasteiger partial charge >= 0.3 is 5.97 Å². The van der Waals surface area contributed by atoms with Crippen molar-refractivity contribution in [2.45, 2.75) is 170 Å². The van der Waals surface area contributed by atoms with Crippen LogP contribution in [-0.4, -0.2) is 85.6 Å². The predicted octanol–water partition coefficient (Wildman–Crippen LogP) is 8.31. The number of carbonyl (C=O) groups is 3. The van der Waals surface area contributed by atoms with E-state index in [1.807, 2.05) is 30.3 Å². The molecule has 1 saturated heterocycles. The molecule has 1 aromatic carbocycles. The van der Waals surface area contributed by atoms with E-state index in [0.29, 0.717) is 0 Å². The van der Waals surface area contributed by atoms with E-state index in [0.717, 1.165) is 11.2 Å². The number of rotatable bonds is 13. The third kappa shape index (κ3) is 10.6. The van der Waals surface area contributed by atoms with Gasteiger partial charge in [-0.1, -0.05) is 92.3 Å². The SMILES string of the molecule is COC(=O)[C@@]1(Sc2ccccc2)C[C@H](O[Si](C)(C)C(C)(C)C)[C@@H](NC(C)=O)[C@H]([C@H](O[Si](C)(C)C(C)(C)C)[C@@H](C=O)O[Si](C)(C)C(C)(C)C)O1. The summed E-state index contributed by atoms with van der Waals surface area (Å²) in [6, 6.07) is 8.75. The average Bonchev–Trinajstić information content (AvgIpc) is 2.94. The van der Waals surface area contributed by atoms with Crippen LogP contribution in [0.5, 0.6) is 0 Å². The van der Waals surface area contributed by atoms with Gasteiger partial charge in [-0.2, -0.15) is 0 Å². The van der Waals surface area contributed by atoms with Crippen molar-refractivity contribution in [1.82, 2.24) is 5.32 Å². The van der Waals surface area contributed by atoms with E-state index in [2.05, 4.69) is 107 Å². The molecule has 1 amide bonds. The molecule has 0 aliphatic carbocycles. The number of methoxy groups -OCH3 is 1. The van der Waals surface area contributed by atoms with Crippen LogP contribution in [-0.2, 0) is 37.1 Å². The predicted molar refractivity (Wildman–Crippen MR) is 206 cm³/mol. The van der Waals surface area contributed by atoms with Crippen molar-refractivity contribution in [3.8, 4) is 0 Å². The molecule has 1 N–H and O–H groups in total. The van der Waals surface area contributed by atoms with Crippen molar-refractivity contribution in [3.63, 3.8) is 0 Å². The molecule has 2 rings (SSSR count). The van der Waals surface area contributed by atoms with Crippen LogP contribution in [0, 0.1) is 0 Å². The van der Waals surface area contributed by atoms with E-state index >= 15 is 0 Å². The number of amides is 1. The molecule has 0 bridgehead atoms. The Kier molecular flexibility index (Phi) is 14.1. The maximum atomic E-state index is 14.1. The Morgan fingerprint density at radius 2 is 1.37 bits per heavy atom. The fraction of sp³-hybridized carbons (Fsp3) is 0.750. The van der Waals surface area contributed by atoms with Crippen LogP contribution in [0.4, 0.5) is 0 Å². The van der Waals surface area contributed by atoms with Crippen LogP contribution in [0.1, 0.15) is 75.7 Å². The maximum Gasteiger partial charge on any atom is 0.349 e. The van der Waals surface area contributed by atoms with Gasteiger partial charge < -0.3 is 32.9 Å². The smallest absolute Gasteiger partial charge is 0.349 e. The van der Waals surface area contributed by atoms with Crippen LogP contribution in [0.3, 0.4) is 0 Å². The number of hydrogen-bond acceptors (Lipinski definition) is 9. The number of aldehydes is 1. The normalized spacial score (nSPS) is 24.1. The lowest BCUT2D eigenvalue weighted by Crippen LogP contribution is -2.70. The molecular formula is C36H65NO8SSi3. The first-order valence-electron chi connectivity index (χ1n) is 17.3. The van der Waals surface area contributed by atoms with Crippen molar-refractivity contribution < 1.29 is 37.1 Å². The number of hydrogen-bond donors (Lipinski definition) is 1. The summed E-state index contributed by atoms with van der Waals surface area (Å²) in [6.45, 7) is 33.3. The Morgan fingerprint density at radius 1 is 0.878 bits per heavy atom. The highest BCUT2D eigenvalue weighted by Gasteiger charge is 2.60. The van der Waals surface area contributed by atoms with Crippen LogP contribution < -0.4 is 5.32 Å². The van der Waals surface area contributed by atoms with Crippen LogP contribution >= 0.6 is 11.8 Å². The first-order chi connectivity index (χ1) is 22.0. The fourth-order valence-electron chi connectivity index (χ4n) is 4.90. The molecule has 280 valence electrons. The van der Waals surface area contributed by atoms with Gasteiger partial charge in [0.05, 0.1) is 19.3 Å². The van der Waals surface area contributed by atoms with Gasteiger partial charge in [-0.25, -0.2) is 4.79 Å². The zero-order chi connectivity index (χ0) is 38.0. The second-order valence-corrected chi connectivity index (χ2v) is 33.5. The summed E-state index contributed by atoms with van der Waals surface area (Å²) in [5, 5.41) is 2.49. The van der Waals surface area contributed by atoms with Crippen molar-refractivity contribution in [2.75, 3.05) is 7.11 Å². The molecule has 13 heteroatoms. The van der Waals surface area contributed by atoms with Gasteiger partial charge in [-0.05, 0) is 66.5 Å². The number of esters is 1. The fourth-order valence-corrected chi connectivity index (χ4v) is 10.0. The molecule has 1 aromatic rings. The van der Waals surface area contributed by atoms with Crippen LogP contribution in [0.25, 0.3) is 0 Å². The molecular weight excluding hydrogens is 691 g/mol. The lowest BCUT2D eigenvalue weighted by Gasteiger charge is -2.53. The quantitative estimate of drug-likeness (QED) is 0.121. The standard InChI is InChI=1S/C36H65NO8SSi3/c1-25(39)37-29-27(43-47(12,13)33(2,3)4)23-36(32(40)41-11,46-26-21-19-18-20-22-26)42-31(29)30(45-49(16,17)35(8,9)10)28(24-38)44-48(14,15)34(5,6)7/h18-22,24,27-31H,23H2,1-17H3,(H,37,39)/t27-,28+,29+,30+,31+,36-/m0/s1. The van der Waals surface area contributed by atoms with Gasteiger partial charge in [0, 0.05) is 18.2 Å². The highest BCUT2D eigenvalue weighted by molar-refractivity contribution is 8.01. The van der Waals surface area contributed by atoms with Crippen LogP contribution in [0.15, 0.2) is 35.2 Å². The lowest BCUT2D eigenvalue weighted by atomic mass is 9.90. The van der Waals surface area contributed by atoms with Crippen LogP contribution in [0.2, 0.25) is 54.4 Å². The highest BCUT2D eigenvalue weighted by atomic mass is 32.2. The average molecular weight is 756 g/mol. The number of nitrogens with one attached hydrogen (secondary N) is 1. The lowest BCUT2D eigenvalue weighted by molar-refractivity contribution is -0.199. The second-order valence-electron chi connectivity index (χ2n) is 17.9. The molecule has 0 radical (unpaired) electrons. The maximum absolute atomic E-state index is 14.1. The molecule has 9 nitrogen and oxygen atoms in total. The zero-order valence-corrected chi connectivity index (χ0v) is 37.0. The highest BCUT2D eigenvalue weighted by Crippen LogP contribution is 2.49. The molecule has 0 spiro atoms. The molecule has 1 aliphatic heterocycles. The minimum absolute atomic E-state index is 0.0921. The number of ether oxygens (including phenoxy) is 2.